The minimum absolute atomic E-state index is 0.0739. The summed E-state index contributed by atoms with van der Waals surface area (Å²) in [6.07, 6.45) is 4.16. The number of nitrogens with zero attached hydrogens (tertiary/aromatic N) is 1. The van der Waals surface area contributed by atoms with Gasteiger partial charge in [-0.25, -0.2) is 8.42 Å². The van der Waals surface area contributed by atoms with Crippen molar-refractivity contribution in [3.05, 3.63) is 30.1 Å². The molecule has 2 rings (SSSR count). The highest BCUT2D eigenvalue weighted by molar-refractivity contribution is 7.91. The van der Waals surface area contributed by atoms with Crippen LogP contribution in [0, 0.1) is 5.92 Å². The van der Waals surface area contributed by atoms with Gasteiger partial charge in [0.2, 0.25) is 0 Å². The second-order valence-corrected chi connectivity index (χ2v) is 7.41. The van der Waals surface area contributed by atoms with Gasteiger partial charge in [0, 0.05) is 17.8 Å². The third-order valence-electron chi connectivity index (χ3n) is 3.43. The van der Waals surface area contributed by atoms with Crippen molar-refractivity contribution in [3.63, 3.8) is 0 Å². The van der Waals surface area contributed by atoms with Gasteiger partial charge in [0.15, 0.2) is 9.84 Å². The molecule has 0 saturated carbocycles. The van der Waals surface area contributed by atoms with Crippen molar-refractivity contribution in [2.45, 2.75) is 24.6 Å². The maximum atomic E-state index is 11.4. The van der Waals surface area contributed by atoms with E-state index in [0.29, 0.717) is 6.42 Å². The molecule has 2 heterocycles. The molecule has 5 heteroatoms. The van der Waals surface area contributed by atoms with Gasteiger partial charge in [0.25, 0.3) is 0 Å². The SMILES string of the molecule is CC(c1ccncc1)C(Cl)C1CCS(=O)(=O)C1. The summed E-state index contributed by atoms with van der Waals surface area (Å²) < 4.78 is 22.9. The molecule has 1 fully saturated rings. The van der Waals surface area contributed by atoms with E-state index >= 15 is 0 Å². The molecular formula is C12H16ClNO2S. The molecular weight excluding hydrogens is 258 g/mol. The van der Waals surface area contributed by atoms with Gasteiger partial charge in [-0.2, -0.15) is 0 Å². The Morgan fingerprint density at radius 2 is 2.06 bits per heavy atom. The molecule has 17 heavy (non-hydrogen) atoms. The molecule has 1 aliphatic rings. The predicted octanol–water partition coefficient (Wildman–Crippen LogP) is 2.23. The number of pyridine rings is 1. The number of sulfone groups is 1. The Bertz CT molecular complexity index is 475. The van der Waals surface area contributed by atoms with Crippen LogP contribution >= 0.6 is 11.6 Å². The first-order valence-electron chi connectivity index (χ1n) is 5.74. The molecule has 0 aromatic carbocycles. The average Bonchev–Trinajstić information content (AvgIpc) is 2.69. The lowest BCUT2D eigenvalue weighted by atomic mass is 9.90. The zero-order valence-electron chi connectivity index (χ0n) is 9.71. The molecule has 0 bridgehead atoms. The van der Waals surface area contributed by atoms with Crippen LogP contribution in [0.25, 0.3) is 0 Å². The Balaban J connectivity index is 2.08. The van der Waals surface area contributed by atoms with E-state index in [1.807, 2.05) is 19.1 Å². The molecule has 1 aromatic rings. The summed E-state index contributed by atoms with van der Waals surface area (Å²) in [6.45, 7) is 2.04. The number of alkyl halides is 1. The summed E-state index contributed by atoms with van der Waals surface area (Å²) in [6, 6.07) is 3.87. The third-order valence-corrected chi connectivity index (χ3v) is 5.96. The van der Waals surface area contributed by atoms with Crippen molar-refractivity contribution in [2.24, 2.45) is 5.92 Å². The van der Waals surface area contributed by atoms with E-state index in [2.05, 4.69) is 4.98 Å². The average molecular weight is 274 g/mol. The first-order chi connectivity index (χ1) is 7.99. The van der Waals surface area contributed by atoms with Crippen LogP contribution in [0.4, 0.5) is 0 Å². The molecule has 0 amide bonds. The smallest absolute Gasteiger partial charge is 0.150 e. The topological polar surface area (TPSA) is 47.0 Å². The zero-order chi connectivity index (χ0) is 12.5. The fraction of sp³-hybridized carbons (Fsp3) is 0.583. The van der Waals surface area contributed by atoms with Gasteiger partial charge in [0.1, 0.15) is 0 Å². The first-order valence-corrected chi connectivity index (χ1v) is 8.00. The van der Waals surface area contributed by atoms with E-state index < -0.39 is 9.84 Å². The zero-order valence-corrected chi connectivity index (χ0v) is 11.3. The normalized spacial score (nSPS) is 26.6. The largest absolute Gasteiger partial charge is 0.265 e. The van der Waals surface area contributed by atoms with Crippen LogP contribution in [0.2, 0.25) is 0 Å². The van der Waals surface area contributed by atoms with Crippen molar-refractivity contribution in [2.75, 3.05) is 11.5 Å². The van der Waals surface area contributed by atoms with Crippen LogP contribution in [0.5, 0.6) is 0 Å². The van der Waals surface area contributed by atoms with Crippen LogP contribution in [0.1, 0.15) is 24.8 Å². The summed E-state index contributed by atoms with van der Waals surface area (Å²) in [5.74, 6) is 0.739. The van der Waals surface area contributed by atoms with Gasteiger partial charge in [-0.1, -0.05) is 6.92 Å². The molecule has 0 spiro atoms. The Morgan fingerprint density at radius 1 is 1.41 bits per heavy atom. The Morgan fingerprint density at radius 3 is 2.59 bits per heavy atom. The maximum absolute atomic E-state index is 11.4. The summed E-state index contributed by atoms with van der Waals surface area (Å²) in [5.41, 5.74) is 1.12. The minimum Gasteiger partial charge on any atom is -0.265 e. The standard InChI is InChI=1S/C12H16ClNO2S/c1-9(10-2-5-14-6-3-10)12(13)11-4-7-17(15,16)8-11/h2-3,5-6,9,11-12H,4,7-8H2,1H3. The number of hydrogen-bond acceptors (Lipinski definition) is 3. The fourth-order valence-electron chi connectivity index (χ4n) is 2.33. The quantitative estimate of drug-likeness (QED) is 0.794. The van der Waals surface area contributed by atoms with Crippen LogP contribution < -0.4 is 0 Å². The van der Waals surface area contributed by atoms with E-state index in [1.54, 1.807) is 12.4 Å². The highest BCUT2D eigenvalue weighted by Crippen LogP contribution is 2.34. The van der Waals surface area contributed by atoms with Gasteiger partial charge in [-0.3, -0.25) is 4.98 Å². The number of aromatic nitrogens is 1. The third kappa shape index (κ3) is 2.99. The van der Waals surface area contributed by atoms with E-state index in [0.717, 1.165) is 5.56 Å². The molecule has 0 N–H and O–H groups in total. The van der Waals surface area contributed by atoms with Crippen molar-refractivity contribution in [1.29, 1.82) is 0 Å². The highest BCUT2D eigenvalue weighted by atomic mass is 35.5. The van der Waals surface area contributed by atoms with Crippen LogP contribution in [0.3, 0.4) is 0 Å². The Labute approximate surface area is 107 Å². The van der Waals surface area contributed by atoms with E-state index in [1.165, 1.54) is 0 Å². The Kier molecular flexibility index (Phi) is 3.73. The summed E-state index contributed by atoms with van der Waals surface area (Å²) >= 11 is 6.41. The molecule has 0 radical (unpaired) electrons. The molecule has 0 aliphatic carbocycles. The molecule has 94 valence electrons. The molecule has 3 atom stereocenters. The van der Waals surface area contributed by atoms with Gasteiger partial charge < -0.3 is 0 Å². The van der Waals surface area contributed by atoms with Crippen LogP contribution in [-0.2, 0) is 9.84 Å². The van der Waals surface area contributed by atoms with Crippen molar-refractivity contribution >= 4 is 21.4 Å². The van der Waals surface area contributed by atoms with E-state index in [4.69, 9.17) is 11.6 Å². The van der Waals surface area contributed by atoms with E-state index in [9.17, 15) is 8.42 Å². The van der Waals surface area contributed by atoms with Gasteiger partial charge in [-0.15, -0.1) is 11.6 Å². The lowest BCUT2D eigenvalue weighted by molar-refractivity contribution is 0.501. The summed E-state index contributed by atoms with van der Waals surface area (Å²) in [7, 11) is -2.85. The monoisotopic (exact) mass is 273 g/mol. The van der Waals surface area contributed by atoms with Crippen LogP contribution in [-0.4, -0.2) is 30.3 Å². The highest BCUT2D eigenvalue weighted by Gasteiger charge is 2.35. The van der Waals surface area contributed by atoms with Crippen LogP contribution in [0.15, 0.2) is 24.5 Å². The lowest BCUT2D eigenvalue weighted by Gasteiger charge is -2.23. The second kappa shape index (κ2) is 4.94. The summed E-state index contributed by atoms with van der Waals surface area (Å²) in [4.78, 5) is 3.97. The molecule has 3 nitrogen and oxygen atoms in total. The lowest BCUT2D eigenvalue weighted by Crippen LogP contribution is -2.22. The molecule has 1 aliphatic heterocycles. The first kappa shape index (κ1) is 12.8. The van der Waals surface area contributed by atoms with E-state index in [-0.39, 0.29) is 28.7 Å². The summed E-state index contributed by atoms with van der Waals surface area (Å²) in [5, 5.41) is -0.130. The molecule has 1 aromatic heterocycles. The minimum atomic E-state index is -2.85. The van der Waals surface area contributed by atoms with Gasteiger partial charge in [-0.05, 0) is 36.0 Å². The van der Waals surface area contributed by atoms with Gasteiger partial charge in [0.05, 0.1) is 11.5 Å². The van der Waals surface area contributed by atoms with Crippen molar-refractivity contribution < 1.29 is 8.42 Å². The van der Waals surface area contributed by atoms with Crippen molar-refractivity contribution in [3.8, 4) is 0 Å². The fourth-order valence-corrected chi connectivity index (χ4v) is 4.66. The molecule has 1 saturated heterocycles. The molecule has 3 unspecified atom stereocenters. The number of halogens is 1. The Hall–Kier alpha value is -0.610. The predicted molar refractivity (Wildman–Crippen MR) is 69.1 cm³/mol. The maximum Gasteiger partial charge on any atom is 0.150 e. The number of hydrogen-bond donors (Lipinski definition) is 0. The van der Waals surface area contributed by atoms with Crippen molar-refractivity contribution in [1.82, 2.24) is 4.98 Å². The van der Waals surface area contributed by atoms with Gasteiger partial charge >= 0.3 is 0 Å². The second-order valence-electron chi connectivity index (χ2n) is 4.68. The number of rotatable bonds is 3.